The van der Waals surface area contributed by atoms with Crippen LogP contribution in [0.4, 0.5) is 11.4 Å². The van der Waals surface area contributed by atoms with Crippen LogP contribution >= 0.6 is 0 Å². The summed E-state index contributed by atoms with van der Waals surface area (Å²) in [7, 11) is 0. The molecule has 5 aliphatic rings. The first-order valence-corrected chi connectivity index (χ1v) is 9.92. The fourth-order valence-corrected chi connectivity index (χ4v) is 6.23. The molecule has 26 heavy (non-hydrogen) atoms. The monoisotopic (exact) mass is 354 g/mol. The summed E-state index contributed by atoms with van der Waals surface area (Å²) in [6, 6.07) is 7.87. The standard InChI is InChI=1S/C21H26N2O3/c24-19(15-8-16(15)20(25)26)22-17-3-1-2-4-18(17)23-21-9-12-5-13(10-21)7-14(6-12)11-21/h1-4,12-16,23H,5-11H2,(H,22,24)(H,25,26). The van der Waals surface area contributed by atoms with Gasteiger partial charge < -0.3 is 15.7 Å². The molecule has 5 fully saturated rings. The van der Waals surface area contributed by atoms with Crippen molar-refractivity contribution in [2.45, 2.75) is 50.5 Å². The normalized spacial score (nSPS) is 39.5. The predicted molar refractivity (Wildman–Crippen MR) is 98.8 cm³/mol. The number of carboxylic acid groups (broad SMARTS) is 1. The summed E-state index contributed by atoms with van der Waals surface area (Å²) in [5.74, 6) is 0.635. The molecule has 0 aliphatic heterocycles. The van der Waals surface area contributed by atoms with E-state index in [1.807, 2.05) is 24.3 Å². The molecule has 0 radical (unpaired) electrons. The number of aliphatic carboxylic acids is 1. The van der Waals surface area contributed by atoms with Crippen LogP contribution in [0.5, 0.6) is 0 Å². The lowest BCUT2D eigenvalue weighted by atomic mass is 9.53. The summed E-state index contributed by atoms with van der Waals surface area (Å²) in [6.07, 6.45) is 8.37. The third-order valence-electron chi connectivity index (χ3n) is 7.07. The molecular weight excluding hydrogens is 328 g/mol. The van der Waals surface area contributed by atoms with Gasteiger partial charge in [0.1, 0.15) is 0 Å². The smallest absolute Gasteiger partial charge is 0.307 e. The average Bonchev–Trinajstić information content (AvgIpc) is 3.36. The minimum absolute atomic E-state index is 0.169. The first kappa shape index (κ1) is 16.2. The molecule has 3 N–H and O–H groups in total. The molecule has 5 aliphatic carbocycles. The number of benzene rings is 1. The lowest BCUT2D eigenvalue weighted by molar-refractivity contribution is -0.139. The zero-order chi connectivity index (χ0) is 17.9. The van der Waals surface area contributed by atoms with E-state index in [1.165, 1.54) is 38.5 Å². The topological polar surface area (TPSA) is 78.4 Å². The number of amides is 1. The molecular formula is C21H26N2O3. The Hall–Kier alpha value is -2.04. The minimum Gasteiger partial charge on any atom is -0.481 e. The molecule has 5 saturated carbocycles. The molecule has 1 aromatic carbocycles. The number of carbonyl (C=O) groups excluding carboxylic acids is 1. The van der Waals surface area contributed by atoms with Crippen molar-refractivity contribution in [3.8, 4) is 0 Å². The Labute approximate surface area is 153 Å². The Morgan fingerprint density at radius 2 is 1.46 bits per heavy atom. The van der Waals surface area contributed by atoms with Gasteiger partial charge in [0.2, 0.25) is 5.91 Å². The number of carbonyl (C=O) groups is 2. The number of rotatable bonds is 5. The largest absolute Gasteiger partial charge is 0.481 e. The van der Waals surface area contributed by atoms with Crippen LogP contribution in [-0.2, 0) is 9.59 Å². The Morgan fingerprint density at radius 1 is 0.885 bits per heavy atom. The van der Waals surface area contributed by atoms with Gasteiger partial charge in [-0.05, 0) is 74.8 Å². The van der Waals surface area contributed by atoms with Gasteiger partial charge in [-0.15, -0.1) is 0 Å². The first-order chi connectivity index (χ1) is 12.5. The van der Waals surface area contributed by atoms with Crippen molar-refractivity contribution >= 4 is 23.3 Å². The van der Waals surface area contributed by atoms with Crippen LogP contribution in [0.2, 0.25) is 0 Å². The van der Waals surface area contributed by atoms with E-state index in [2.05, 4.69) is 10.6 Å². The van der Waals surface area contributed by atoms with Crippen LogP contribution < -0.4 is 10.6 Å². The fourth-order valence-electron chi connectivity index (χ4n) is 6.23. The lowest BCUT2D eigenvalue weighted by Gasteiger charge is -2.57. The lowest BCUT2D eigenvalue weighted by Crippen LogP contribution is -2.54. The molecule has 6 rings (SSSR count). The number of para-hydroxylation sites is 2. The Kier molecular flexibility index (Phi) is 3.56. The van der Waals surface area contributed by atoms with E-state index < -0.39 is 11.9 Å². The summed E-state index contributed by atoms with van der Waals surface area (Å²) in [6.45, 7) is 0. The maximum Gasteiger partial charge on any atom is 0.307 e. The first-order valence-electron chi connectivity index (χ1n) is 9.92. The molecule has 1 aromatic rings. The highest BCUT2D eigenvalue weighted by Gasteiger charge is 2.51. The van der Waals surface area contributed by atoms with E-state index in [1.54, 1.807) is 0 Å². The highest BCUT2D eigenvalue weighted by Crippen LogP contribution is 2.57. The van der Waals surface area contributed by atoms with Gasteiger partial charge in [-0.3, -0.25) is 9.59 Å². The van der Waals surface area contributed by atoms with E-state index in [0.717, 1.165) is 29.1 Å². The van der Waals surface area contributed by atoms with Gasteiger partial charge in [-0.25, -0.2) is 0 Å². The van der Waals surface area contributed by atoms with Crippen molar-refractivity contribution < 1.29 is 14.7 Å². The molecule has 0 spiro atoms. The summed E-state index contributed by atoms with van der Waals surface area (Å²) in [4.78, 5) is 23.4. The van der Waals surface area contributed by atoms with Crippen LogP contribution in [0.15, 0.2) is 24.3 Å². The van der Waals surface area contributed by atoms with Crippen LogP contribution in [0, 0.1) is 29.6 Å². The summed E-state index contributed by atoms with van der Waals surface area (Å²) in [5, 5.41) is 15.8. The van der Waals surface area contributed by atoms with Gasteiger partial charge in [-0.1, -0.05) is 12.1 Å². The predicted octanol–water partition coefficient (Wildman–Crippen LogP) is 3.73. The number of hydrogen-bond donors (Lipinski definition) is 3. The van der Waals surface area contributed by atoms with Gasteiger partial charge >= 0.3 is 5.97 Å². The van der Waals surface area contributed by atoms with Crippen molar-refractivity contribution in [3.05, 3.63) is 24.3 Å². The molecule has 5 nitrogen and oxygen atoms in total. The highest BCUT2D eigenvalue weighted by molar-refractivity contribution is 6.00. The third kappa shape index (κ3) is 2.78. The maximum absolute atomic E-state index is 12.4. The second-order valence-corrected chi connectivity index (χ2v) is 9.14. The van der Waals surface area contributed by atoms with Crippen LogP contribution in [0.3, 0.4) is 0 Å². The van der Waals surface area contributed by atoms with E-state index >= 15 is 0 Å². The minimum atomic E-state index is -0.870. The molecule has 5 heteroatoms. The van der Waals surface area contributed by atoms with Crippen molar-refractivity contribution in [3.63, 3.8) is 0 Å². The van der Waals surface area contributed by atoms with Crippen LogP contribution in [0.25, 0.3) is 0 Å². The van der Waals surface area contributed by atoms with Crippen LogP contribution in [-0.4, -0.2) is 22.5 Å². The van der Waals surface area contributed by atoms with E-state index in [9.17, 15) is 9.59 Å². The number of hydrogen-bond acceptors (Lipinski definition) is 3. The maximum atomic E-state index is 12.4. The van der Waals surface area contributed by atoms with Gasteiger partial charge in [0, 0.05) is 5.54 Å². The van der Waals surface area contributed by atoms with Crippen molar-refractivity contribution in [1.29, 1.82) is 0 Å². The van der Waals surface area contributed by atoms with Crippen molar-refractivity contribution in [1.82, 2.24) is 0 Å². The zero-order valence-corrected chi connectivity index (χ0v) is 14.9. The second kappa shape index (κ2) is 5.73. The van der Waals surface area contributed by atoms with Gasteiger partial charge in [0.15, 0.2) is 0 Å². The highest BCUT2D eigenvalue weighted by atomic mass is 16.4. The summed E-state index contributed by atoms with van der Waals surface area (Å²) in [5.41, 5.74) is 1.94. The quantitative estimate of drug-likeness (QED) is 0.753. The fraction of sp³-hybridized carbons (Fsp3) is 0.619. The SMILES string of the molecule is O=C(O)C1CC1C(=O)Nc1ccccc1NC12CC3CC(CC(C3)C1)C2. The van der Waals surface area contributed by atoms with E-state index in [4.69, 9.17) is 5.11 Å². The zero-order valence-electron chi connectivity index (χ0n) is 14.9. The van der Waals surface area contributed by atoms with Gasteiger partial charge in [0.05, 0.1) is 23.2 Å². The molecule has 0 aromatic heterocycles. The molecule has 1 amide bonds. The molecule has 4 bridgehead atoms. The van der Waals surface area contributed by atoms with Gasteiger partial charge in [0.25, 0.3) is 0 Å². The van der Waals surface area contributed by atoms with Crippen molar-refractivity contribution in [2.75, 3.05) is 10.6 Å². The van der Waals surface area contributed by atoms with E-state index in [-0.39, 0.29) is 17.4 Å². The number of anilines is 2. The van der Waals surface area contributed by atoms with Crippen molar-refractivity contribution in [2.24, 2.45) is 29.6 Å². The van der Waals surface area contributed by atoms with Crippen LogP contribution in [0.1, 0.15) is 44.9 Å². The summed E-state index contributed by atoms with van der Waals surface area (Å²) < 4.78 is 0. The Bertz CT molecular complexity index is 724. The molecule has 138 valence electrons. The molecule has 2 atom stereocenters. The van der Waals surface area contributed by atoms with Gasteiger partial charge in [-0.2, -0.15) is 0 Å². The average molecular weight is 354 g/mol. The Balaban J connectivity index is 1.33. The molecule has 2 unspecified atom stereocenters. The number of carboxylic acids is 1. The third-order valence-corrected chi connectivity index (χ3v) is 7.07. The molecule has 0 heterocycles. The summed E-state index contributed by atoms with van der Waals surface area (Å²) >= 11 is 0. The Morgan fingerprint density at radius 3 is 2.00 bits per heavy atom. The second-order valence-electron chi connectivity index (χ2n) is 9.14. The number of nitrogens with one attached hydrogen (secondary N) is 2. The molecule has 0 saturated heterocycles. The van der Waals surface area contributed by atoms with E-state index in [0.29, 0.717) is 6.42 Å².